The van der Waals surface area contributed by atoms with Crippen molar-refractivity contribution in [3.63, 3.8) is 0 Å². The number of likely N-dealkylation sites (tertiary alicyclic amines) is 1. The van der Waals surface area contributed by atoms with Gasteiger partial charge in [0.15, 0.2) is 0 Å². The fourth-order valence-electron chi connectivity index (χ4n) is 3.92. The second kappa shape index (κ2) is 8.05. The number of hydrogen-bond acceptors (Lipinski definition) is 5. The molecule has 6 heteroatoms. The van der Waals surface area contributed by atoms with Crippen LogP contribution >= 0.6 is 0 Å². The molecular weight excluding hydrogens is 340 g/mol. The Bertz CT molecular complexity index is 824. The third-order valence-corrected chi connectivity index (χ3v) is 5.32. The Morgan fingerprint density at radius 1 is 1.37 bits per heavy atom. The van der Waals surface area contributed by atoms with Crippen molar-refractivity contribution in [1.29, 1.82) is 0 Å². The highest BCUT2D eigenvalue weighted by Crippen LogP contribution is 2.28. The van der Waals surface area contributed by atoms with Crippen LogP contribution in [0.4, 0.5) is 0 Å². The van der Waals surface area contributed by atoms with Gasteiger partial charge >= 0.3 is 0 Å². The quantitative estimate of drug-likeness (QED) is 0.901. The Morgan fingerprint density at radius 3 is 3.15 bits per heavy atom. The molecule has 1 fully saturated rings. The van der Waals surface area contributed by atoms with Gasteiger partial charge in [0, 0.05) is 56.0 Å². The van der Waals surface area contributed by atoms with Gasteiger partial charge in [0.2, 0.25) is 0 Å². The highest BCUT2D eigenvalue weighted by molar-refractivity contribution is 5.97. The molecule has 1 saturated heterocycles. The summed E-state index contributed by atoms with van der Waals surface area (Å²) in [5.74, 6) is 1.77. The Balaban J connectivity index is 1.52. The Kier molecular flexibility index (Phi) is 5.34. The number of benzene rings is 1. The smallest absolute Gasteiger partial charge is 0.257 e. The van der Waals surface area contributed by atoms with Gasteiger partial charge in [0.25, 0.3) is 5.91 Å². The lowest BCUT2D eigenvalue weighted by Gasteiger charge is -2.32. The molecule has 1 aromatic carbocycles. The first-order valence-corrected chi connectivity index (χ1v) is 9.82. The number of nitrogens with one attached hydrogen (secondary N) is 1. The number of para-hydroxylation sites is 1. The van der Waals surface area contributed by atoms with Gasteiger partial charge in [0.05, 0.1) is 12.2 Å². The van der Waals surface area contributed by atoms with Crippen LogP contribution in [-0.4, -0.2) is 47.0 Å². The van der Waals surface area contributed by atoms with Gasteiger partial charge in [-0.2, -0.15) is 0 Å². The Hall–Kier alpha value is -2.47. The summed E-state index contributed by atoms with van der Waals surface area (Å²) < 4.78 is 5.64. The first-order valence-electron chi connectivity index (χ1n) is 9.82. The average Bonchev–Trinajstić information content (AvgIpc) is 2.73. The van der Waals surface area contributed by atoms with E-state index in [4.69, 9.17) is 9.72 Å². The Labute approximate surface area is 160 Å². The minimum atomic E-state index is 0.0333. The summed E-state index contributed by atoms with van der Waals surface area (Å²) in [6, 6.07) is 7.49. The first kappa shape index (κ1) is 17.9. The number of aromatic nitrogens is 2. The van der Waals surface area contributed by atoms with Gasteiger partial charge in [-0.25, -0.2) is 9.97 Å². The van der Waals surface area contributed by atoms with E-state index in [1.807, 2.05) is 42.3 Å². The van der Waals surface area contributed by atoms with E-state index in [9.17, 15) is 4.79 Å². The van der Waals surface area contributed by atoms with Crippen LogP contribution in [0.3, 0.4) is 0 Å². The second-order valence-electron chi connectivity index (χ2n) is 7.15. The number of carbonyl (C=O) groups excluding carboxylic acids is 1. The number of rotatable bonds is 4. The summed E-state index contributed by atoms with van der Waals surface area (Å²) in [5.41, 5.74) is 2.99. The Morgan fingerprint density at radius 2 is 2.26 bits per heavy atom. The monoisotopic (exact) mass is 366 g/mol. The minimum absolute atomic E-state index is 0.0333. The molecule has 2 aliphatic heterocycles. The summed E-state index contributed by atoms with van der Waals surface area (Å²) in [6.45, 7) is 5.72. The average molecular weight is 366 g/mol. The molecule has 2 aliphatic rings. The molecule has 0 bridgehead atoms. The largest absolute Gasteiger partial charge is 0.493 e. The molecule has 4 rings (SSSR count). The van der Waals surface area contributed by atoms with Crippen molar-refractivity contribution in [3.8, 4) is 5.75 Å². The maximum absolute atomic E-state index is 13.1. The molecule has 1 aromatic heterocycles. The predicted molar refractivity (Wildman–Crippen MR) is 103 cm³/mol. The van der Waals surface area contributed by atoms with Crippen LogP contribution in [0.5, 0.6) is 5.75 Å². The molecule has 0 unspecified atom stereocenters. The summed E-state index contributed by atoms with van der Waals surface area (Å²) in [4.78, 5) is 24.5. The van der Waals surface area contributed by atoms with Gasteiger partial charge in [0.1, 0.15) is 11.6 Å². The molecule has 0 radical (unpaired) electrons. The molecule has 2 aromatic rings. The fourth-order valence-corrected chi connectivity index (χ4v) is 3.92. The van der Waals surface area contributed by atoms with Crippen molar-refractivity contribution in [2.24, 2.45) is 0 Å². The molecule has 1 N–H and O–H groups in total. The van der Waals surface area contributed by atoms with Gasteiger partial charge in [-0.1, -0.05) is 12.1 Å². The molecule has 142 valence electrons. The lowest BCUT2D eigenvalue weighted by molar-refractivity contribution is 0.0700. The summed E-state index contributed by atoms with van der Waals surface area (Å²) in [5, 5.41) is 3.35. The van der Waals surface area contributed by atoms with E-state index in [2.05, 4.69) is 10.3 Å². The number of nitrogens with zero attached hydrogens (tertiary/aromatic N) is 3. The molecule has 27 heavy (non-hydrogen) atoms. The van der Waals surface area contributed by atoms with Crippen molar-refractivity contribution in [3.05, 3.63) is 53.1 Å². The zero-order valence-electron chi connectivity index (χ0n) is 15.8. The minimum Gasteiger partial charge on any atom is -0.493 e. The number of carbonyl (C=O) groups is 1. The molecule has 1 atom stereocenters. The van der Waals surface area contributed by atoms with Gasteiger partial charge in [-0.3, -0.25) is 4.79 Å². The number of hydrogen-bond donors (Lipinski definition) is 1. The van der Waals surface area contributed by atoms with Crippen molar-refractivity contribution in [2.75, 3.05) is 26.2 Å². The molecule has 0 saturated carbocycles. The van der Waals surface area contributed by atoms with Crippen LogP contribution in [0.15, 0.2) is 30.5 Å². The number of ether oxygens (including phenoxy) is 1. The fraction of sp³-hybridized carbons (Fsp3) is 0.476. The third kappa shape index (κ3) is 3.81. The topological polar surface area (TPSA) is 67.3 Å². The highest BCUT2D eigenvalue weighted by atomic mass is 16.5. The van der Waals surface area contributed by atoms with Crippen LogP contribution in [0, 0.1) is 0 Å². The molecule has 1 amide bonds. The van der Waals surface area contributed by atoms with Crippen LogP contribution in [-0.2, 0) is 13.0 Å². The number of piperidine rings is 1. The van der Waals surface area contributed by atoms with Gasteiger partial charge in [-0.05, 0) is 31.9 Å². The van der Waals surface area contributed by atoms with Crippen molar-refractivity contribution in [2.45, 2.75) is 38.6 Å². The number of fused-ring (bicyclic) bond motifs is 1. The maximum atomic E-state index is 13.1. The molecule has 0 spiro atoms. The van der Waals surface area contributed by atoms with E-state index in [0.717, 1.165) is 50.4 Å². The van der Waals surface area contributed by atoms with Crippen molar-refractivity contribution >= 4 is 5.91 Å². The van der Waals surface area contributed by atoms with Gasteiger partial charge < -0.3 is 15.0 Å². The summed E-state index contributed by atoms with van der Waals surface area (Å²) >= 11 is 0. The lowest BCUT2D eigenvalue weighted by Crippen LogP contribution is -2.40. The first-order chi connectivity index (χ1) is 13.3. The van der Waals surface area contributed by atoms with Crippen LogP contribution in [0.2, 0.25) is 0 Å². The van der Waals surface area contributed by atoms with Gasteiger partial charge in [-0.15, -0.1) is 0 Å². The normalized spacial score (nSPS) is 19.4. The van der Waals surface area contributed by atoms with E-state index in [-0.39, 0.29) is 11.8 Å². The number of amides is 1. The van der Waals surface area contributed by atoms with E-state index in [1.54, 1.807) is 0 Å². The van der Waals surface area contributed by atoms with Crippen molar-refractivity contribution < 1.29 is 9.53 Å². The summed E-state index contributed by atoms with van der Waals surface area (Å²) in [7, 11) is 0. The predicted octanol–water partition coefficient (Wildman–Crippen LogP) is 2.54. The van der Waals surface area contributed by atoms with E-state index < -0.39 is 0 Å². The van der Waals surface area contributed by atoms with E-state index in [1.165, 1.54) is 5.56 Å². The molecule has 6 nitrogen and oxygen atoms in total. The summed E-state index contributed by atoms with van der Waals surface area (Å²) in [6.07, 6.45) is 4.89. The SMILES string of the molecule is CCOc1ccccc1C(=O)N1CCC[C@H](c2ncc3c(n2)CCNC3)C1. The van der Waals surface area contributed by atoms with Crippen LogP contribution in [0.1, 0.15) is 53.1 Å². The van der Waals surface area contributed by atoms with Crippen LogP contribution in [0.25, 0.3) is 0 Å². The van der Waals surface area contributed by atoms with E-state index >= 15 is 0 Å². The zero-order valence-corrected chi connectivity index (χ0v) is 15.8. The standard InChI is InChI=1S/C21H26N4O2/c1-2-27-19-8-4-3-7-17(19)21(26)25-11-5-6-15(14-25)20-23-13-16-12-22-10-9-18(16)24-20/h3-4,7-8,13,15,22H,2,5-6,9-12,14H2,1H3/t15-/m0/s1. The molecule has 0 aliphatic carbocycles. The van der Waals surface area contributed by atoms with Crippen LogP contribution < -0.4 is 10.1 Å². The van der Waals surface area contributed by atoms with Crippen molar-refractivity contribution in [1.82, 2.24) is 20.2 Å². The molecule has 3 heterocycles. The third-order valence-electron chi connectivity index (χ3n) is 5.32. The lowest BCUT2D eigenvalue weighted by atomic mass is 9.95. The molecular formula is C21H26N4O2. The zero-order chi connectivity index (χ0) is 18.6. The highest BCUT2D eigenvalue weighted by Gasteiger charge is 2.29. The second-order valence-corrected chi connectivity index (χ2v) is 7.15. The van der Waals surface area contributed by atoms with E-state index in [0.29, 0.717) is 24.5 Å². The maximum Gasteiger partial charge on any atom is 0.257 e.